The minimum atomic E-state index is -1.48. The maximum Gasteiger partial charge on any atom is 0.317 e. The van der Waals surface area contributed by atoms with E-state index in [9.17, 15) is 14.4 Å². The average Bonchev–Trinajstić information content (AvgIpc) is 3.22. The third-order valence-electron chi connectivity index (χ3n) is 8.65. The molecule has 1 unspecified atom stereocenters. The Hall–Kier alpha value is -2.72. The van der Waals surface area contributed by atoms with Crippen molar-refractivity contribution in [2.24, 2.45) is 0 Å². The molecule has 214 valence electrons. The summed E-state index contributed by atoms with van der Waals surface area (Å²) in [6, 6.07) is 9.76. The third kappa shape index (κ3) is 5.20. The Bertz CT molecular complexity index is 1310. The zero-order valence-electron chi connectivity index (χ0n) is 22.1. The summed E-state index contributed by atoms with van der Waals surface area (Å²) in [4.78, 5) is 40.2. The number of carboxylic acids is 1. The fraction of sp³-hybridized carbons (Fsp3) is 0.483. The number of amides is 2. The first-order valence-electron chi connectivity index (χ1n) is 13.7. The fourth-order valence-electron chi connectivity index (χ4n) is 6.87. The second kappa shape index (κ2) is 11.6. The standard InChI is InChI=1S/C29H33Cl2FN4O4/c30-18-7-8-20-23(15-18)35-27(40)29(20,21-5-4-6-22(31)26(21)32)28(11-2-1-3-12-28)33-16-24(37)34-19-9-13-36(14-10-19)17-25(38)39/h4-8,15,19,33H,1-3,9-14,16-17H2,(H,34,37)(H,35,40)(H,38,39). The van der Waals surface area contributed by atoms with E-state index in [-0.39, 0.29) is 41.5 Å². The maximum absolute atomic E-state index is 15.9. The van der Waals surface area contributed by atoms with Gasteiger partial charge in [0.25, 0.3) is 0 Å². The number of hydrogen-bond acceptors (Lipinski definition) is 5. The summed E-state index contributed by atoms with van der Waals surface area (Å²) in [5, 5.41) is 18.9. The highest BCUT2D eigenvalue weighted by atomic mass is 35.5. The van der Waals surface area contributed by atoms with Gasteiger partial charge in [0, 0.05) is 40.9 Å². The molecular formula is C29H33Cl2FN4O4. The van der Waals surface area contributed by atoms with Gasteiger partial charge in [-0.2, -0.15) is 0 Å². The van der Waals surface area contributed by atoms with Crippen LogP contribution in [0.25, 0.3) is 0 Å². The molecular weight excluding hydrogens is 558 g/mol. The first-order chi connectivity index (χ1) is 19.2. The van der Waals surface area contributed by atoms with Crippen molar-refractivity contribution in [2.45, 2.75) is 61.9 Å². The van der Waals surface area contributed by atoms with E-state index >= 15 is 4.39 Å². The van der Waals surface area contributed by atoms with Crippen molar-refractivity contribution in [3.63, 3.8) is 0 Å². The summed E-state index contributed by atoms with van der Waals surface area (Å²) >= 11 is 12.5. The van der Waals surface area contributed by atoms with Gasteiger partial charge in [-0.05, 0) is 49.4 Å². The first-order valence-corrected chi connectivity index (χ1v) is 14.5. The molecule has 2 heterocycles. The predicted molar refractivity (Wildman–Crippen MR) is 151 cm³/mol. The van der Waals surface area contributed by atoms with Gasteiger partial charge >= 0.3 is 5.97 Å². The Morgan fingerprint density at radius 2 is 1.80 bits per heavy atom. The number of anilines is 1. The second-order valence-electron chi connectivity index (χ2n) is 11.0. The monoisotopic (exact) mass is 590 g/mol. The summed E-state index contributed by atoms with van der Waals surface area (Å²) in [6.45, 7) is 1.10. The van der Waals surface area contributed by atoms with E-state index in [4.69, 9.17) is 28.3 Å². The minimum Gasteiger partial charge on any atom is -0.480 e. The van der Waals surface area contributed by atoms with Gasteiger partial charge in [-0.3, -0.25) is 19.3 Å². The molecule has 3 aliphatic rings. The molecule has 4 N–H and O–H groups in total. The van der Waals surface area contributed by atoms with Gasteiger partial charge in [-0.25, -0.2) is 4.39 Å². The Morgan fingerprint density at radius 1 is 1.07 bits per heavy atom. The minimum absolute atomic E-state index is 0.0123. The summed E-state index contributed by atoms with van der Waals surface area (Å²) < 4.78 is 15.9. The highest BCUT2D eigenvalue weighted by Crippen LogP contribution is 2.55. The van der Waals surface area contributed by atoms with Crippen molar-refractivity contribution in [1.29, 1.82) is 0 Å². The SMILES string of the molecule is O=C(O)CN1CCC(NC(=O)CNC2(C3(c4cccc(Cl)c4F)C(=O)Nc4cc(Cl)ccc43)CCCCC2)CC1. The molecule has 2 aromatic rings. The number of carbonyl (C=O) groups excluding carboxylic acids is 2. The van der Waals surface area contributed by atoms with Gasteiger partial charge in [-0.15, -0.1) is 0 Å². The Kier molecular flexibility index (Phi) is 8.38. The zero-order chi connectivity index (χ0) is 28.5. The zero-order valence-corrected chi connectivity index (χ0v) is 23.6. The number of nitrogens with zero attached hydrogens (tertiary/aromatic N) is 1. The summed E-state index contributed by atoms with van der Waals surface area (Å²) in [7, 11) is 0. The molecule has 0 bridgehead atoms. The number of benzene rings is 2. The molecule has 1 atom stereocenters. The molecule has 5 rings (SSSR count). The van der Waals surface area contributed by atoms with Crippen LogP contribution >= 0.6 is 23.2 Å². The highest BCUT2D eigenvalue weighted by molar-refractivity contribution is 6.31. The van der Waals surface area contributed by atoms with Crippen LogP contribution in [0.2, 0.25) is 10.0 Å². The van der Waals surface area contributed by atoms with Crippen molar-refractivity contribution in [3.05, 3.63) is 63.4 Å². The molecule has 1 saturated heterocycles. The van der Waals surface area contributed by atoms with Crippen LogP contribution in [-0.4, -0.2) is 65.5 Å². The third-order valence-corrected chi connectivity index (χ3v) is 9.18. The van der Waals surface area contributed by atoms with Crippen LogP contribution in [-0.2, 0) is 19.8 Å². The molecule has 2 fully saturated rings. The van der Waals surface area contributed by atoms with Crippen molar-refractivity contribution < 1.29 is 23.9 Å². The van der Waals surface area contributed by atoms with Crippen LogP contribution in [0.1, 0.15) is 56.1 Å². The largest absolute Gasteiger partial charge is 0.480 e. The number of fused-ring (bicyclic) bond motifs is 1. The van der Waals surface area contributed by atoms with Crippen LogP contribution in [0, 0.1) is 5.82 Å². The predicted octanol–water partition coefficient (Wildman–Crippen LogP) is 4.33. The maximum atomic E-state index is 15.9. The number of aliphatic carboxylic acids is 1. The van der Waals surface area contributed by atoms with Crippen molar-refractivity contribution >= 4 is 46.7 Å². The van der Waals surface area contributed by atoms with Gasteiger partial charge in [0.1, 0.15) is 11.2 Å². The van der Waals surface area contributed by atoms with Crippen LogP contribution in [0.3, 0.4) is 0 Å². The molecule has 40 heavy (non-hydrogen) atoms. The topological polar surface area (TPSA) is 111 Å². The normalized spacial score (nSPS) is 22.9. The molecule has 0 aromatic heterocycles. The van der Waals surface area contributed by atoms with Crippen LogP contribution in [0.15, 0.2) is 36.4 Å². The van der Waals surface area contributed by atoms with Crippen LogP contribution < -0.4 is 16.0 Å². The molecule has 11 heteroatoms. The molecule has 2 aromatic carbocycles. The van der Waals surface area contributed by atoms with E-state index in [1.165, 1.54) is 6.07 Å². The second-order valence-corrected chi connectivity index (χ2v) is 11.8. The van der Waals surface area contributed by atoms with E-state index < -0.39 is 22.7 Å². The lowest BCUT2D eigenvalue weighted by Gasteiger charge is -2.50. The van der Waals surface area contributed by atoms with E-state index in [0.717, 1.165) is 19.3 Å². The van der Waals surface area contributed by atoms with E-state index in [2.05, 4.69) is 16.0 Å². The summed E-state index contributed by atoms with van der Waals surface area (Å²) in [5.74, 6) is -2.13. The van der Waals surface area contributed by atoms with Crippen LogP contribution in [0.4, 0.5) is 10.1 Å². The highest BCUT2D eigenvalue weighted by Gasteiger charge is 2.63. The van der Waals surface area contributed by atoms with Crippen LogP contribution in [0.5, 0.6) is 0 Å². The first kappa shape index (κ1) is 28.8. The summed E-state index contributed by atoms with van der Waals surface area (Å²) in [6.07, 6.45) is 4.97. The molecule has 2 aliphatic heterocycles. The number of likely N-dealkylation sites (tertiary alicyclic amines) is 1. The van der Waals surface area contributed by atoms with Gasteiger partial charge in [0.15, 0.2) is 0 Å². The van der Waals surface area contributed by atoms with E-state index in [0.29, 0.717) is 55.0 Å². The Balaban J connectivity index is 1.46. The lowest BCUT2D eigenvalue weighted by Crippen LogP contribution is -2.66. The van der Waals surface area contributed by atoms with Crippen molar-refractivity contribution in [1.82, 2.24) is 15.5 Å². The quantitative estimate of drug-likeness (QED) is 0.364. The molecule has 1 aliphatic carbocycles. The molecule has 8 nitrogen and oxygen atoms in total. The number of nitrogens with one attached hydrogen (secondary N) is 3. The molecule has 0 radical (unpaired) electrons. The van der Waals surface area contributed by atoms with Gasteiger partial charge < -0.3 is 21.1 Å². The molecule has 0 spiro atoms. The Labute approximate surface area is 242 Å². The molecule has 1 saturated carbocycles. The number of hydrogen-bond donors (Lipinski definition) is 4. The lowest BCUT2D eigenvalue weighted by atomic mass is 9.56. The number of carboxylic acid groups (broad SMARTS) is 1. The van der Waals surface area contributed by atoms with Crippen molar-refractivity contribution in [3.8, 4) is 0 Å². The number of rotatable bonds is 8. The summed E-state index contributed by atoms with van der Waals surface area (Å²) in [5.41, 5.74) is -1.17. The molecule has 2 amide bonds. The average molecular weight is 592 g/mol. The van der Waals surface area contributed by atoms with E-state index in [1.807, 2.05) is 4.90 Å². The van der Waals surface area contributed by atoms with Gasteiger partial charge in [-0.1, -0.05) is 60.7 Å². The Morgan fingerprint density at radius 3 is 2.50 bits per heavy atom. The number of piperidine rings is 1. The van der Waals surface area contributed by atoms with Gasteiger partial charge in [0.2, 0.25) is 11.8 Å². The van der Waals surface area contributed by atoms with Crippen molar-refractivity contribution in [2.75, 3.05) is 31.5 Å². The van der Waals surface area contributed by atoms with Gasteiger partial charge in [0.05, 0.1) is 18.1 Å². The van der Waals surface area contributed by atoms with E-state index in [1.54, 1.807) is 30.3 Å². The number of carbonyl (C=O) groups is 3. The number of halogens is 3. The lowest BCUT2D eigenvalue weighted by molar-refractivity contribution is -0.138. The smallest absolute Gasteiger partial charge is 0.317 e. The fourth-order valence-corrected chi connectivity index (χ4v) is 7.22.